The van der Waals surface area contributed by atoms with Gasteiger partial charge in [0, 0.05) is 5.41 Å². The van der Waals surface area contributed by atoms with Crippen LogP contribution in [0.25, 0.3) is 76.8 Å². The minimum atomic E-state index is -0.0453. The number of rotatable bonds is 3. The zero-order valence-electron chi connectivity index (χ0n) is 25.5. The molecule has 0 aromatic heterocycles. The molecule has 0 saturated heterocycles. The predicted molar refractivity (Wildman–Crippen MR) is 193 cm³/mol. The van der Waals surface area contributed by atoms with Crippen molar-refractivity contribution in [1.82, 2.24) is 0 Å². The summed E-state index contributed by atoms with van der Waals surface area (Å²) in [5, 5.41) is 7.66. The van der Waals surface area contributed by atoms with Gasteiger partial charge in [0.05, 0.1) is 0 Å². The van der Waals surface area contributed by atoms with Crippen LogP contribution in [0.15, 0.2) is 158 Å². The topological polar surface area (TPSA) is 0 Å². The van der Waals surface area contributed by atoms with Crippen molar-refractivity contribution in [3.63, 3.8) is 0 Å². The second-order valence-electron chi connectivity index (χ2n) is 12.8. The van der Waals surface area contributed by atoms with Gasteiger partial charge in [0.25, 0.3) is 0 Å². The fraction of sp³-hybridized carbons (Fsp3) is 0.0667. The van der Waals surface area contributed by atoms with Crippen LogP contribution in [0.1, 0.15) is 25.0 Å². The second-order valence-corrected chi connectivity index (χ2v) is 12.8. The maximum absolute atomic E-state index is 2.45. The number of fused-ring (bicyclic) bond motifs is 6. The summed E-state index contributed by atoms with van der Waals surface area (Å²) in [5.74, 6) is 0. The Bertz CT molecular complexity index is 2390. The summed E-state index contributed by atoms with van der Waals surface area (Å²) >= 11 is 0. The molecule has 0 amide bonds. The van der Waals surface area contributed by atoms with Gasteiger partial charge in [0.15, 0.2) is 0 Å². The first-order valence-electron chi connectivity index (χ1n) is 15.9. The van der Waals surface area contributed by atoms with Gasteiger partial charge in [-0.25, -0.2) is 0 Å². The van der Waals surface area contributed by atoms with Crippen molar-refractivity contribution in [2.45, 2.75) is 19.3 Å². The van der Waals surface area contributed by atoms with E-state index in [1.807, 2.05) is 0 Å². The van der Waals surface area contributed by atoms with E-state index >= 15 is 0 Å². The van der Waals surface area contributed by atoms with Crippen LogP contribution in [-0.2, 0) is 5.41 Å². The van der Waals surface area contributed by atoms with E-state index in [-0.39, 0.29) is 5.41 Å². The zero-order valence-corrected chi connectivity index (χ0v) is 25.5. The van der Waals surface area contributed by atoms with Crippen LogP contribution in [0, 0.1) is 0 Å². The minimum Gasteiger partial charge on any atom is -0.0619 e. The third-order valence-electron chi connectivity index (χ3n) is 10.1. The van der Waals surface area contributed by atoms with Crippen molar-refractivity contribution in [2.24, 2.45) is 0 Å². The number of benzene rings is 8. The Morgan fingerprint density at radius 3 is 1.49 bits per heavy atom. The molecule has 0 aliphatic heterocycles. The molecule has 1 aliphatic carbocycles. The molecule has 0 unspecified atom stereocenters. The first kappa shape index (κ1) is 26.0. The van der Waals surface area contributed by atoms with Crippen molar-refractivity contribution in [1.29, 1.82) is 0 Å². The van der Waals surface area contributed by atoms with Crippen LogP contribution < -0.4 is 0 Å². The van der Waals surface area contributed by atoms with E-state index in [1.165, 1.54) is 88.0 Å². The summed E-state index contributed by atoms with van der Waals surface area (Å²) < 4.78 is 0. The summed E-state index contributed by atoms with van der Waals surface area (Å²) in [6.45, 7) is 4.72. The molecule has 9 rings (SSSR count). The van der Waals surface area contributed by atoms with Crippen molar-refractivity contribution >= 4 is 32.3 Å². The van der Waals surface area contributed by atoms with Gasteiger partial charge in [-0.15, -0.1) is 0 Å². The molecule has 212 valence electrons. The van der Waals surface area contributed by atoms with E-state index in [0.717, 1.165) is 0 Å². The molecule has 0 radical (unpaired) electrons. The van der Waals surface area contributed by atoms with E-state index < -0.39 is 0 Å². The smallest absolute Gasteiger partial charge is 0.0159 e. The van der Waals surface area contributed by atoms with Gasteiger partial charge in [0.1, 0.15) is 0 Å². The fourth-order valence-corrected chi connectivity index (χ4v) is 7.98. The number of hydrogen-bond donors (Lipinski definition) is 0. The molecule has 1 aliphatic rings. The second kappa shape index (κ2) is 9.78. The summed E-state index contributed by atoms with van der Waals surface area (Å²) in [7, 11) is 0. The highest BCUT2D eigenvalue weighted by atomic mass is 14.4. The van der Waals surface area contributed by atoms with Crippen molar-refractivity contribution in [2.75, 3.05) is 0 Å². The van der Waals surface area contributed by atoms with Gasteiger partial charge in [-0.2, -0.15) is 0 Å². The molecule has 0 heterocycles. The van der Waals surface area contributed by atoms with Crippen molar-refractivity contribution in [3.05, 3.63) is 169 Å². The summed E-state index contributed by atoms with van der Waals surface area (Å²) in [6, 6.07) is 58.4. The van der Waals surface area contributed by atoms with Gasteiger partial charge in [-0.3, -0.25) is 0 Å². The van der Waals surface area contributed by atoms with E-state index in [2.05, 4.69) is 172 Å². The first-order chi connectivity index (χ1) is 22.1. The van der Waals surface area contributed by atoms with Gasteiger partial charge in [0.2, 0.25) is 0 Å². The molecular formula is C45H32. The normalized spacial score (nSPS) is 13.3. The predicted octanol–water partition coefficient (Wildman–Crippen LogP) is 12.5. The lowest BCUT2D eigenvalue weighted by molar-refractivity contribution is 0.660. The third-order valence-corrected chi connectivity index (χ3v) is 10.1. The first-order valence-corrected chi connectivity index (χ1v) is 15.9. The molecule has 0 heteroatoms. The molecule has 0 atom stereocenters. The SMILES string of the molecule is CC1(C)c2ccccc2-c2ccc(-c3ccccc3-c3c4ccccc4c(-c4cccc5ccccc45)c4ccccc34)cc21. The van der Waals surface area contributed by atoms with Gasteiger partial charge >= 0.3 is 0 Å². The van der Waals surface area contributed by atoms with Gasteiger partial charge in [-0.05, 0) is 94.0 Å². The highest BCUT2D eigenvalue weighted by molar-refractivity contribution is 6.24. The largest absolute Gasteiger partial charge is 0.0619 e. The van der Waals surface area contributed by atoms with Crippen LogP contribution in [0.3, 0.4) is 0 Å². The Balaban J connectivity index is 1.33. The molecule has 0 bridgehead atoms. The molecule has 0 nitrogen and oxygen atoms in total. The summed E-state index contributed by atoms with van der Waals surface area (Å²) in [6.07, 6.45) is 0. The fourth-order valence-electron chi connectivity index (χ4n) is 7.98. The third kappa shape index (κ3) is 3.79. The Labute approximate surface area is 264 Å². The highest BCUT2D eigenvalue weighted by Gasteiger charge is 2.35. The maximum Gasteiger partial charge on any atom is 0.0159 e. The average Bonchev–Trinajstić information content (AvgIpc) is 3.32. The molecule has 0 saturated carbocycles. The Kier molecular flexibility index (Phi) is 5.64. The van der Waals surface area contributed by atoms with Crippen LogP contribution in [0.5, 0.6) is 0 Å². The Morgan fingerprint density at radius 1 is 0.333 bits per heavy atom. The quantitative estimate of drug-likeness (QED) is 0.185. The van der Waals surface area contributed by atoms with E-state index in [0.29, 0.717) is 0 Å². The van der Waals surface area contributed by atoms with E-state index in [4.69, 9.17) is 0 Å². The maximum atomic E-state index is 2.45. The van der Waals surface area contributed by atoms with Gasteiger partial charge < -0.3 is 0 Å². The molecule has 8 aromatic carbocycles. The lowest BCUT2D eigenvalue weighted by Crippen LogP contribution is -2.14. The van der Waals surface area contributed by atoms with Crippen molar-refractivity contribution in [3.8, 4) is 44.5 Å². The summed E-state index contributed by atoms with van der Waals surface area (Å²) in [5.41, 5.74) is 13.1. The molecule has 8 aromatic rings. The average molecular weight is 573 g/mol. The Morgan fingerprint density at radius 2 is 0.800 bits per heavy atom. The van der Waals surface area contributed by atoms with Crippen LogP contribution in [0.4, 0.5) is 0 Å². The molecule has 0 N–H and O–H groups in total. The van der Waals surface area contributed by atoms with Gasteiger partial charge in [-0.1, -0.05) is 166 Å². The van der Waals surface area contributed by atoms with E-state index in [1.54, 1.807) is 0 Å². The van der Waals surface area contributed by atoms with Crippen LogP contribution in [-0.4, -0.2) is 0 Å². The highest BCUT2D eigenvalue weighted by Crippen LogP contribution is 2.51. The zero-order chi connectivity index (χ0) is 30.1. The molecule has 0 spiro atoms. The van der Waals surface area contributed by atoms with Crippen molar-refractivity contribution < 1.29 is 0 Å². The van der Waals surface area contributed by atoms with Crippen LogP contribution >= 0.6 is 0 Å². The minimum absolute atomic E-state index is 0.0453. The monoisotopic (exact) mass is 572 g/mol. The van der Waals surface area contributed by atoms with E-state index in [9.17, 15) is 0 Å². The molecule has 45 heavy (non-hydrogen) atoms. The van der Waals surface area contributed by atoms with Crippen LogP contribution in [0.2, 0.25) is 0 Å². The Hall–Kier alpha value is -5.46. The lowest BCUT2D eigenvalue weighted by atomic mass is 9.80. The standard InChI is InChI=1S/C45H32/c1-45(2)41-25-12-11-18-33(41)34-27-26-30(28-42(34)45)32-17-5-6-19-35(32)43-37-20-7-9-22-39(37)44(40-23-10-8-21-38(40)43)36-24-13-15-29-14-3-4-16-31(29)36/h3-28H,1-2H3. The molecular weight excluding hydrogens is 540 g/mol. The molecule has 0 fully saturated rings. The lowest BCUT2D eigenvalue weighted by Gasteiger charge is -2.23. The number of hydrogen-bond acceptors (Lipinski definition) is 0. The summed E-state index contributed by atoms with van der Waals surface area (Å²) in [4.78, 5) is 0.